The Morgan fingerprint density at radius 2 is 1.72 bits per heavy atom. The number of hydrogen-bond donors (Lipinski definition) is 0. The number of aryl methyl sites for hydroxylation is 3. The van der Waals surface area contributed by atoms with Gasteiger partial charge in [-0.15, -0.1) is 11.8 Å². The predicted molar refractivity (Wildman–Crippen MR) is 126 cm³/mol. The largest absolute Gasteiger partial charge is 0.493 e. The van der Waals surface area contributed by atoms with Crippen molar-refractivity contribution in [3.8, 4) is 5.75 Å². The van der Waals surface area contributed by atoms with E-state index in [1.165, 1.54) is 34.4 Å². The molecule has 156 valence electrons. The van der Waals surface area contributed by atoms with E-state index in [1.807, 2.05) is 11.8 Å². The molecule has 3 nitrogen and oxygen atoms in total. The van der Waals surface area contributed by atoms with Crippen LogP contribution in [0, 0.1) is 13.8 Å². The highest BCUT2D eigenvalue weighted by molar-refractivity contribution is 7.99. The third kappa shape index (κ3) is 8.36. The summed E-state index contributed by atoms with van der Waals surface area (Å²) in [5.74, 6) is 2.06. The molecule has 2 rings (SSSR count). The van der Waals surface area contributed by atoms with Crippen LogP contribution in [0.25, 0.3) is 0 Å². The fourth-order valence-electron chi connectivity index (χ4n) is 3.13. The summed E-state index contributed by atoms with van der Waals surface area (Å²) in [4.78, 5) is 6.01. The van der Waals surface area contributed by atoms with Crippen molar-refractivity contribution >= 4 is 18.0 Å². The second-order valence-corrected chi connectivity index (χ2v) is 8.18. The fourth-order valence-corrected chi connectivity index (χ4v) is 4.13. The van der Waals surface area contributed by atoms with Crippen LogP contribution in [0.15, 0.2) is 58.6 Å². The number of oxime groups is 1. The van der Waals surface area contributed by atoms with Crippen LogP contribution in [-0.2, 0) is 11.3 Å². The molecule has 2 aromatic carbocycles. The van der Waals surface area contributed by atoms with Crippen molar-refractivity contribution in [2.24, 2.45) is 5.16 Å². The number of unbranched alkanes of at least 4 members (excludes halogenated alkanes) is 2. The molecule has 0 aliphatic rings. The number of ether oxygens (including phenoxy) is 1. The van der Waals surface area contributed by atoms with Gasteiger partial charge in [-0.05, 0) is 80.8 Å². The predicted octanol–water partition coefficient (Wildman–Crippen LogP) is 6.74. The molecule has 2 aromatic rings. The number of benzene rings is 2. The third-order valence-electron chi connectivity index (χ3n) is 4.66. The molecule has 0 heterocycles. The molecule has 0 bridgehead atoms. The smallest absolute Gasteiger partial charge is 0.125 e. The van der Waals surface area contributed by atoms with Crippen molar-refractivity contribution in [2.75, 3.05) is 19.5 Å². The molecule has 0 aliphatic carbocycles. The van der Waals surface area contributed by atoms with Crippen LogP contribution in [0.5, 0.6) is 5.75 Å². The first-order valence-electron chi connectivity index (χ1n) is 10.3. The molecule has 0 aromatic heterocycles. The van der Waals surface area contributed by atoms with E-state index in [-0.39, 0.29) is 0 Å². The monoisotopic (exact) mass is 411 g/mol. The Kier molecular flexibility index (Phi) is 10.4. The van der Waals surface area contributed by atoms with Gasteiger partial charge in [0.1, 0.15) is 12.9 Å². The molecule has 0 radical (unpaired) electrons. The Bertz CT molecular complexity index is 774. The summed E-state index contributed by atoms with van der Waals surface area (Å²) in [5.41, 5.74) is 4.87. The lowest BCUT2D eigenvalue weighted by atomic mass is 10.1. The van der Waals surface area contributed by atoms with Gasteiger partial charge in [0.2, 0.25) is 0 Å². The normalized spacial score (nSPS) is 11.4. The molecule has 0 aliphatic heterocycles. The number of nitrogens with zero attached hydrogens (tertiary/aromatic N) is 1. The average Bonchev–Trinajstić information content (AvgIpc) is 2.71. The summed E-state index contributed by atoms with van der Waals surface area (Å²) in [6.45, 7) is 7.12. The lowest BCUT2D eigenvalue weighted by molar-refractivity contribution is 0.215. The highest BCUT2D eigenvalue weighted by Crippen LogP contribution is 2.30. The minimum Gasteiger partial charge on any atom is -0.493 e. The van der Waals surface area contributed by atoms with Crippen LogP contribution < -0.4 is 4.74 Å². The van der Waals surface area contributed by atoms with Gasteiger partial charge in [0.25, 0.3) is 0 Å². The zero-order valence-corrected chi connectivity index (χ0v) is 18.9. The van der Waals surface area contributed by atoms with E-state index in [0.717, 1.165) is 36.5 Å². The molecule has 0 unspecified atom stereocenters. The van der Waals surface area contributed by atoms with Gasteiger partial charge >= 0.3 is 0 Å². The molecule has 0 fully saturated rings. The quantitative estimate of drug-likeness (QED) is 0.127. The van der Waals surface area contributed by atoms with E-state index >= 15 is 0 Å². The maximum Gasteiger partial charge on any atom is 0.125 e. The van der Waals surface area contributed by atoms with Crippen molar-refractivity contribution in [1.29, 1.82) is 0 Å². The third-order valence-corrected chi connectivity index (χ3v) is 5.59. The average molecular weight is 412 g/mol. The van der Waals surface area contributed by atoms with Crippen molar-refractivity contribution < 1.29 is 9.57 Å². The van der Waals surface area contributed by atoms with Gasteiger partial charge in [-0.3, -0.25) is 0 Å². The maximum atomic E-state index is 6.10. The zero-order valence-electron chi connectivity index (χ0n) is 18.1. The van der Waals surface area contributed by atoms with Gasteiger partial charge in [-0.2, -0.15) is 0 Å². The number of rotatable bonds is 12. The number of allylic oxidation sites excluding steroid dienone is 1. The summed E-state index contributed by atoms with van der Waals surface area (Å²) in [6, 6.07) is 12.9. The summed E-state index contributed by atoms with van der Waals surface area (Å²) in [7, 11) is 1.55. The minimum absolute atomic E-state index is 0.777. The molecule has 0 N–H and O–H groups in total. The standard InChI is InChI=1S/C25H33NO2S/c1-5-6-16-29-24-17-20(2)25(21(3)18-24)28-15-9-7-8-10-22-11-13-23(14-12-22)19-26-27-4/h5-6,11-14,17-19H,7-10,15-16H2,1-4H3/b6-5+,26-19+. The summed E-state index contributed by atoms with van der Waals surface area (Å²) in [5, 5.41) is 3.78. The molecular weight excluding hydrogens is 378 g/mol. The van der Waals surface area contributed by atoms with Crippen LogP contribution in [0.4, 0.5) is 0 Å². The molecule has 4 heteroatoms. The fraction of sp³-hybridized carbons (Fsp3) is 0.400. The lowest BCUT2D eigenvalue weighted by Crippen LogP contribution is -2.01. The lowest BCUT2D eigenvalue weighted by Gasteiger charge is -2.14. The van der Waals surface area contributed by atoms with Crippen LogP contribution >= 0.6 is 11.8 Å². The van der Waals surface area contributed by atoms with Crippen molar-refractivity contribution in [3.05, 3.63) is 70.8 Å². The van der Waals surface area contributed by atoms with E-state index in [2.05, 4.69) is 74.5 Å². The second-order valence-electron chi connectivity index (χ2n) is 7.08. The highest BCUT2D eigenvalue weighted by Gasteiger charge is 2.07. The molecule has 0 saturated heterocycles. The van der Waals surface area contributed by atoms with E-state index in [1.54, 1.807) is 13.3 Å². The van der Waals surface area contributed by atoms with E-state index in [9.17, 15) is 0 Å². The molecule has 0 atom stereocenters. The van der Waals surface area contributed by atoms with Gasteiger partial charge < -0.3 is 9.57 Å². The van der Waals surface area contributed by atoms with E-state index < -0.39 is 0 Å². The van der Waals surface area contributed by atoms with Crippen molar-refractivity contribution in [2.45, 2.75) is 51.3 Å². The first-order valence-corrected chi connectivity index (χ1v) is 11.3. The number of thioether (sulfide) groups is 1. The molecule has 0 amide bonds. The highest BCUT2D eigenvalue weighted by atomic mass is 32.2. The first kappa shape index (κ1) is 23.1. The molecule has 0 saturated carbocycles. The van der Waals surface area contributed by atoms with Crippen LogP contribution in [-0.4, -0.2) is 25.7 Å². The van der Waals surface area contributed by atoms with E-state index in [4.69, 9.17) is 9.57 Å². The van der Waals surface area contributed by atoms with Crippen molar-refractivity contribution in [1.82, 2.24) is 0 Å². The first-order chi connectivity index (χ1) is 14.1. The van der Waals surface area contributed by atoms with Crippen LogP contribution in [0.2, 0.25) is 0 Å². The number of hydrogen-bond acceptors (Lipinski definition) is 4. The summed E-state index contributed by atoms with van der Waals surface area (Å²) in [6.07, 6.45) is 10.5. The Morgan fingerprint density at radius 3 is 2.38 bits per heavy atom. The maximum absolute atomic E-state index is 6.10. The Hall–Kier alpha value is -2.20. The Morgan fingerprint density at radius 1 is 1.00 bits per heavy atom. The van der Waals surface area contributed by atoms with Gasteiger partial charge in [-0.1, -0.05) is 41.6 Å². The summed E-state index contributed by atoms with van der Waals surface area (Å²) < 4.78 is 6.10. The van der Waals surface area contributed by atoms with Gasteiger partial charge in [0, 0.05) is 10.6 Å². The van der Waals surface area contributed by atoms with Crippen LogP contribution in [0.3, 0.4) is 0 Å². The molecule has 0 spiro atoms. The van der Waals surface area contributed by atoms with Gasteiger partial charge in [0.05, 0.1) is 12.8 Å². The molecule has 29 heavy (non-hydrogen) atoms. The summed E-state index contributed by atoms with van der Waals surface area (Å²) >= 11 is 1.86. The second kappa shape index (κ2) is 13.1. The van der Waals surface area contributed by atoms with Crippen molar-refractivity contribution in [3.63, 3.8) is 0 Å². The van der Waals surface area contributed by atoms with E-state index in [0.29, 0.717) is 0 Å². The van der Waals surface area contributed by atoms with Gasteiger partial charge in [-0.25, -0.2) is 0 Å². The minimum atomic E-state index is 0.777. The Balaban J connectivity index is 1.70. The molecular formula is C25H33NO2S. The topological polar surface area (TPSA) is 30.8 Å². The van der Waals surface area contributed by atoms with Crippen LogP contribution in [0.1, 0.15) is 48.4 Å². The SMILES string of the molecule is C/C=C/CSc1cc(C)c(OCCCCCc2ccc(/C=N/OC)cc2)c(C)c1. The Labute approximate surface area is 180 Å². The zero-order chi connectivity index (χ0) is 20.9. The van der Waals surface area contributed by atoms with Gasteiger partial charge in [0.15, 0.2) is 0 Å².